The molecular formula is C15H20ClN3O2S. The zero-order chi connectivity index (χ0) is 15.9. The van der Waals surface area contributed by atoms with Gasteiger partial charge in [-0.15, -0.1) is 11.3 Å². The molecule has 2 aromatic heterocycles. The second kappa shape index (κ2) is 5.92. The van der Waals surface area contributed by atoms with E-state index in [1.54, 1.807) is 18.4 Å². The van der Waals surface area contributed by atoms with Crippen molar-refractivity contribution < 1.29 is 9.47 Å². The monoisotopic (exact) mass is 341 g/mol. The minimum atomic E-state index is -0.357. The van der Waals surface area contributed by atoms with E-state index in [1.807, 2.05) is 0 Å². The lowest BCUT2D eigenvalue weighted by Crippen LogP contribution is -2.36. The highest BCUT2D eigenvalue weighted by atomic mass is 35.5. The van der Waals surface area contributed by atoms with Crippen molar-refractivity contribution in [2.45, 2.75) is 26.4 Å². The number of hydrogen-bond donors (Lipinski definition) is 0. The minimum Gasteiger partial charge on any atom is -0.378 e. The van der Waals surface area contributed by atoms with Gasteiger partial charge in [0.25, 0.3) is 0 Å². The van der Waals surface area contributed by atoms with Gasteiger partial charge >= 0.3 is 0 Å². The van der Waals surface area contributed by atoms with Gasteiger partial charge in [0, 0.05) is 25.1 Å². The SMILES string of the molecule is COC(C)(C)c1sc2c(N3CCOCC3)nc(Cl)nc2c1C. The maximum absolute atomic E-state index is 6.17. The van der Waals surface area contributed by atoms with Crippen LogP contribution in [0.1, 0.15) is 24.3 Å². The van der Waals surface area contributed by atoms with Crippen LogP contribution in [-0.2, 0) is 15.1 Å². The molecule has 22 heavy (non-hydrogen) atoms. The van der Waals surface area contributed by atoms with Crippen LogP contribution in [0.3, 0.4) is 0 Å². The van der Waals surface area contributed by atoms with Gasteiger partial charge in [0.05, 0.1) is 29.0 Å². The first-order chi connectivity index (χ1) is 10.4. The van der Waals surface area contributed by atoms with E-state index in [1.165, 1.54) is 0 Å². The molecule has 0 spiro atoms. The maximum Gasteiger partial charge on any atom is 0.224 e. The Hall–Kier alpha value is -0.950. The number of aryl methyl sites for hydroxylation is 1. The third-order valence-electron chi connectivity index (χ3n) is 4.09. The van der Waals surface area contributed by atoms with E-state index in [0.717, 1.165) is 39.6 Å². The van der Waals surface area contributed by atoms with Crippen molar-refractivity contribution in [2.24, 2.45) is 0 Å². The van der Waals surface area contributed by atoms with Gasteiger partial charge < -0.3 is 14.4 Å². The quantitative estimate of drug-likeness (QED) is 0.801. The molecular weight excluding hydrogens is 322 g/mol. The average molecular weight is 342 g/mol. The number of nitrogens with zero attached hydrogens (tertiary/aromatic N) is 3. The summed E-state index contributed by atoms with van der Waals surface area (Å²) < 4.78 is 12.1. The van der Waals surface area contributed by atoms with Gasteiger partial charge in [-0.2, -0.15) is 4.98 Å². The van der Waals surface area contributed by atoms with E-state index in [4.69, 9.17) is 21.1 Å². The van der Waals surface area contributed by atoms with Crippen molar-refractivity contribution in [3.05, 3.63) is 15.7 Å². The molecule has 2 aromatic rings. The molecule has 0 aliphatic carbocycles. The standard InChI is InChI=1S/C15H20ClN3O2S/c1-9-10-11(22-12(9)15(2,3)20-4)13(18-14(16)17-10)19-5-7-21-8-6-19/h5-8H2,1-4H3. The first-order valence-electron chi connectivity index (χ1n) is 7.29. The van der Waals surface area contributed by atoms with Crippen molar-refractivity contribution in [1.82, 2.24) is 9.97 Å². The summed E-state index contributed by atoms with van der Waals surface area (Å²) in [5, 5.41) is 0.289. The number of morpholine rings is 1. The Balaban J connectivity index is 2.19. The second-order valence-corrected chi connectivity index (χ2v) is 7.22. The molecule has 0 saturated carbocycles. The number of methoxy groups -OCH3 is 1. The summed E-state index contributed by atoms with van der Waals surface area (Å²) in [7, 11) is 1.73. The zero-order valence-electron chi connectivity index (χ0n) is 13.3. The van der Waals surface area contributed by atoms with Gasteiger partial charge in [0.15, 0.2) is 5.82 Å². The maximum atomic E-state index is 6.17. The van der Waals surface area contributed by atoms with Crippen LogP contribution in [0.15, 0.2) is 0 Å². The number of rotatable bonds is 3. The molecule has 0 aromatic carbocycles. The van der Waals surface area contributed by atoms with E-state index >= 15 is 0 Å². The van der Waals surface area contributed by atoms with Crippen molar-refractivity contribution >= 4 is 39.0 Å². The molecule has 0 amide bonds. The van der Waals surface area contributed by atoms with Crippen LogP contribution in [0.5, 0.6) is 0 Å². The summed E-state index contributed by atoms with van der Waals surface area (Å²) in [4.78, 5) is 12.3. The van der Waals surface area contributed by atoms with Gasteiger partial charge in [0.2, 0.25) is 5.28 Å². The first kappa shape index (κ1) is 15.9. The molecule has 1 aliphatic rings. The Morgan fingerprint density at radius 3 is 2.59 bits per heavy atom. The third kappa shape index (κ3) is 2.69. The number of halogens is 1. The molecule has 120 valence electrons. The Kier molecular flexibility index (Phi) is 4.29. The molecule has 0 atom stereocenters. The summed E-state index contributed by atoms with van der Waals surface area (Å²) in [6.45, 7) is 9.27. The normalized spacial score (nSPS) is 16.5. The van der Waals surface area contributed by atoms with Crippen molar-refractivity contribution in [2.75, 3.05) is 38.3 Å². The van der Waals surface area contributed by atoms with Crippen molar-refractivity contribution in [3.8, 4) is 0 Å². The largest absolute Gasteiger partial charge is 0.378 e. The topological polar surface area (TPSA) is 47.5 Å². The van der Waals surface area contributed by atoms with Crippen LogP contribution in [0.2, 0.25) is 5.28 Å². The molecule has 3 heterocycles. The van der Waals surface area contributed by atoms with E-state index in [9.17, 15) is 0 Å². The van der Waals surface area contributed by atoms with Gasteiger partial charge in [-0.3, -0.25) is 0 Å². The fourth-order valence-corrected chi connectivity index (χ4v) is 4.21. The highest BCUT2D eigenvalue weighted by Crippen LogP contribution is 2.42. The molecule has 0 radical (unpaired) electrons. The fraction of sp³-hybridized carbons (Fsp3) is 0.600. The first-order valence-corrected chi connectivity index (χ1v) is 8.48. The molecule has 7 heteroatoms. The number of fused-ring (bicyclic) bond motifs is 1. The van der Waals surface area contributed by atoms with Crippen LogP contribution >= 0.6 is 22.9 Å². The number of thiophene rings is 1. The van der Waals surface area contributed by atoms with Gasteiger partial charge in [0.1, 0.15) is 0 Å². The Labute approximate surface area is 139 Å². The van der Waals surface area contributed by atoms with Gasteiger partial charge in [-0.1, -0.05) is 0 Å². The van der Waals surface area contributed by atoms with E-state index in [0.29, 0.717) is 13.2 Å². The van der Waals surface area contributed by atoms with Gasteiger partial charge in [-0.25, -0.2) is 4.98 Å². The average Bonchev–Trinajstić information content (AvgIpc) is 2.85. The van der Waals surface area contributed by atoms with Crippen LogP contribution in [0.4, 0.5) is 5.82 Å². The molecule has 0 unspecified atom stereocenters. The van der Waals surface area contributed by atoms with Crippen LogP contribution in [0, 0.1) is 6.92 Å². The summed E-state index contributed by atoms with van der Waals surface area (Å²) in [6, 6.07) is 0. The summed E-state index contributed by atoms with van der Waals surface area (Å²) in [5.41, 5.74) is 1.68. The number of hydrogen-bond acceptors (Lipinski definition) is 6. The lowest BCUT2D eigenvalue weighted by Gasteiger charge is -2.28. The van der Waals surface area contributed by atoms with Crippen molar-refractivity contribution in [1.29, 1.82) is 0 Å². The van der Waals surface area contributed by atoms with E-state index < -0.39 is 0 Å². The Morgan fingerprint density at radius 1 is 1.27 bits per heavy atom. The molecule has 3 rings (SSSR count). The highest BCUT2D eigenvalue weighted by molar-refractivity contribution is 7.20. The Bertz CT molecular complexity index is 696. The molecule has 1 fully saturated rings. The van der Waals surface area contributed by atoms with Crippen LogP contribution in [-0.4, -0.2) is 43.4 Å². The zero-order valence-corrected chi connectivity index (χ0v) is 14.8. The Morgan fingerprint density at radius 2 is 1.95 bits per heavy atom. The predicted octanol–water partition coefficient (Wildman–Crippen LogP) is 3.37. The fourth-order valence-electron chi connectivity index (χ4n) is 2.70. The van der Waals surface area contributed by atoms with Crippen LogP contribution < -0.4 is 4.90 Å². The molecule has 0 N–H and O–H groups in total. The number of anilines is 1. The molecule has 1 saturated heterocycles. The minimum absolute atomic E-state index is 0.289. The summed E-state index contributed by atoms with van der Waals surface area (Å²) in [5.74, 6) is 0.907. The van der Waals surface area contributed by atoms with Gasteiger partial charge in [-0.05, 0) is 37.9 Å². The molecule has 1 aliphatic heterocycles. The third-order valence-corrected chi connectivity index (χ3v) is 5.84. The molecule has 5 nitrogen and oxygen atoms in total. The molecule has 0 bridgehead atoms. The summed E-state index contributed by atoms with van der Waals surface area (Å²) >= 11 is 7.86. The smallest absolute Gasteiger partial charge is 0.224 e. The van der Waals surface area contributed by atoms with E-state index in [-0.39, 0.29) is 10.9 Å². The predicted molar refractivity (Wildman–Crippen MR) is 90.2 cm³/mol. The highest BCUT2D eigenvalue weighted by Gasteiger charge is 2.28. The summed E-state index contributed by atoms with van der Waals surface area (Å²) in [6.07, 6.45) is 0. The number of ether oxygens (including phenoxy) is 2. The second-order valence-electron chi connectivity index (χ2n) is 5.86. The number of aromatic nitrogens is 2. The van der Waals surface area contributed by atoms with Crippen LogP contribution in [0.25, 0.3) is 10.2 Å². The van der Waals surface area contributed by atoms with Crippen molar-refractivity contribution in [3.63, 3.8) is 0 Å². The lowest BCUT2D eigenvalue weighted by atomic mass is 10.0. The van der Waals surface area contributed by atoms with E-state index in [2.05, 4.69) is 35.6 Å². The lowest BCUT2D eigenvalue weighted by molar-refractivity contribution is 0.0220.